The third-order valence-corrected chi connectivity index (χ3v) is 21.7. The second-order valence-electron chi connectivity index (χ2n) is 30.7. The van der Waals surface area contributed by atoms with Crippen molar-refractivity contribution in [2.45, 2.75) is 470 Å². The van der Waals surface area contributed by atoms with Crippen LogP contribution < -0.4 is 0 Å². The Hall–Kier alpha value is -1.94. The van der Waals surface area contributed by atoms with Gasteiger partial charge in [-0.25, -0.2) is 9.13 Å². The highest BCUT2D eigenvalue weighted by Crippen LogP contribution is 2.45. The highest BCUT2D eigenvalue weighted by molar-refractivity contribution is 7.47. The molecule has 0 saturated heterocycles. The van der Waals surface area contributed by atoms with Gasteiger partial charge in [-0.15, -0.1) is 0 Å². The van der Waals surface area contributed by atoms with Crippen LogP contribution in [0.4, 0.5) is 0 Å². The Balaban J connectivity index is 5.24. The lowest BCUT2D eigenvalue weighted by Gasteiger charge is -2.21. The summed E-state index contributed by atoms with van der Waals surface area (Å²) in [6, 6.07) is 0. The molecule has 2 unspecified atom stereocenters. The zero-order chi connectivity index (χ0) is 75.5. The molecular formula is C84H164O17P2. The van der Waals surface area contributed by atoms with Crippen LogP contribution in [0, 0.1) is 5.92 Å². The van der Waals surface area contributed by atoms with E-state index in [9.17, 15) is 43.2 Å². The van der Waals surface area contributed by atoms with Gasteiger partial charge in [-0.2, -0.15) is 0 Å². The Labute approximate surface area is 632 Å². The Bertz CT molecular complexity index is 1960. The molecule has 0 spiro atoms. The molecule has 0 aliphatic heterocycles. The van der Waals surface area contributed by atoms with E-state index in [1.54, 1.807) is 0 Å². The van der Waals surface area contributed by atoms with Crippen molar-refractivity contribution < 1.29 is 80.2 Å². The van der Waals surface area contributed by atoms with E-state index in [1.807, 2.05) is 0 Å². The predicted octanol–water partition coefficient (Wildman–Crippen LogP) is 25.6. The van der Waals surface area contributed by atoms with E-state index >= 15 is 0 Å². The first-order chi connectivity index (χ1) is 50.0. The quantitative estimate of drug-likeness (QED) is 0.0222. The van der Waals surface area contributed by atoms with Crippen LogP contribution in [0.3, 0.4) is 0 Å². The Kier molecular flexibility index (Phi) is 75.4. The number of esters is 4. The molecule has 19 heteroatoms. The molecular weight excluding hydrogens is 1340 g/mol. The standard InChI is InChI=1S/C84H164O17P2/c1-6-9-12-15-18-21-24-27-30-32-34-35-37-39-42-45-48-55-60-65-70-84(89)100-79(73-94-81(86)67-62-57-52-46-43-41-38-36-33-31-28-25-22-19-16-13-10-7-2)75-98-102(90,91)96-71-78(85)72-97-103(92,93)99-76-80(74-95-82(87)68-63-58-53-50-49-51-56-61-66-77(4)5)101-83(88)69-64-59-54-47-44-40-29-26-23-20-17-14-11-8-3/h77-80,85H,6-76H2,1-5H3,(H,90,91)(H,92,93)/t78-,79-,80-/m1/s1. The number of rotatable bonds is 84. The van der Waals surface area contributed by atoms with E-state index in [0.717, 1.165) is 95.8 Å². The number of phosphoric acid groups is 2. The molecule has 0 rings (SSSR count). The topological polar surface area (TPSA) is 237 Å². The van der Waals surface area contributed by atoms with E-state index < -0.39 is 97.5 Å². The first kappa shape index (κ1) is 101. The highest BCUT2D eigenvalue weighted by Gasteiger charge is 2.30. The van der Waals surface area contributed by atoms with Gasteiger partial charge in [0.25, 0.3) is 0 Å². The fourth-order valence-corrected chi connectivity index (χ4v) is 14.7. The number of phosphoric ester groups is 2. The molecule has 3 N–H and O–H groups in total. The van der Waals surface area contributed by atoms with Crippen molar-refractivity contribution in [2.24, 2.45) is 5.92 Å². The maximum absolute atomic E-state index is 13.1. The van der Waals surface area contributed by atoms with Crippen molar-refractivity contribution in [1.82, 2.24) is 0 Å². The summed E-state index contributed by atoms with van der Waals surface area (Å²) in [5.74, 6) is -1.38. The zero-order valence-electron chi connectivity index (χ0n) is 67.5. The van der Waals surface area contributed by atoms with Crippen LogP contribution >= 0.6 is 15.6 Å². The monoisotopic (exact) mass is 1510 g/mol. The number of hydrogen-bond acceptors (Lipinski definition) is 15. The molecule has 0 aliphatic carbocycles. The van der Waals surface area contributed by atoms with Crippen LogP contribution in [0.15, 0.2) is 0 Å². The lowest BCUT2D eigenvalue weighted by Crippen LogP contribution is -2.30. The molecule has 103 heavy (non-hydrogen) atoms. The highest BCUT2D eigenvalue weighted by atomic mass is 31.2. The van der Waals surface area contributed by atoms with Crippen molar-refractivity contribution in [1.29, 1.82) is 0 Å². The molecule has 0 bridgehead atoms. The van der Waals surface area contributed by atoms with Gasteiger partial charge in [-0.05, 0) is 31.6 Å². The summed E-state index contributed by atoms with van der Waals surface area (Å²) < 4.78 is 68.8. The molecule has 612 valence electrons. The Morgan fingerprint density at radius 3 is 0.660 bits per heavy atom. The molecule has 0 aromatic heterocycles. The average Bonchev–Trinajstić information content (AvgIpc) is 0.915. The summed E-state index contributed by atoms with van der Waals surface area (Å²) in [5, 5.41) is 10.7. The van der Waals surface area contributed by atoms with Crippen LogP contribution in [-0.2, 0) is 65.4 Å². The second kappa shape index (κ2) is 76.8. The minimum Gasteiger partial charge on any atom is -0.462 e. The summed E-state index contributed by atoms with van der Waals surface area (Å²) in [6.45, 7) is 7.32. The molecule has 0 amide bonds. The van der Waals surface area contributed by atoms with Gasteiger partial charge in [0.15, 0.2) is 12.2 Å². The first-order valence-corrected chi connectivity index (χ1v) is 46.6. The van der Waals surface area contributed by atoms with Crippen molar-refractivity contribution in [2.75, 3.05) is 39.6 Å². The van der Waals surface area contributed by atoms with Crippen LogP contribution in [0.25, 0.3) is 0 Å². The summed E-state index contributed by atoms with van der Waals surface area (Å²) in [6.07, 6.45) is 69.5. The number of carbonyl (C=O) groups is 4. The van der Waals surface area contributed by atoms with Crippen LogP contribution in [-0.4, -0.2) is 96.7 Å². The molecule has 0 aromatic rings. The second-order valence-corrected chi connectivity index (χ2v) is 33.6. The van der Waals surface area contributed by atoms with E-state index in [2.05, 4.69) is 34.6 Å². The molecule has 0 radical (unpaired) electrons. The van der Waals surface area contributed by atoms with Crippen molar-refractivity contribution >= 4 is 39.5 Å². The van der Waals surface area contributed by atoms with Crippen LogP contribution in [0.1, 0.15) is 452 Å². The number of aliphatic hydroxyl groups is 1. The minimum absolute atomic E-state index is 0.108. The fourth-order valence-electron chi connectivity index (χ4n) is 13.1. The predicted molar refractivity (Wildman–Crippen MR) is 423 cm³/mol. The molecule has 0 heterocycles. The Morgan fingerprint density at radius 2 is 0.447 bits per heavy atom. The molecule has 5 atom stereocenters. The number of unbranched alkanes of at least 4 members (excludes halogenated alkanes) is 56. The largest absolute Gasteiger partial charge is 0.472 e. The van der Waals surface area contributed by atoms with Crippen LogP contribution in [0.5, 0.6) is 0 Å². The zero-order valence-corrected chi connectivity index (χ0v) is 69.3. The Morgan fingerprint density at radius 1 is 0.262 bits per heavy atom. The third kappa shape index (κ3) is 78.0. The van der Waals surface area contributed by atoms with E-state index in [0.29, 0.717) is 25.7 Å². The lowest BCUT2D eigenvalue weighted by atomic mass is 10.0. The number of aliphatic hydroxyl groups excluding tert-OH is 1. The smallest absolute Gasteiger partial charge is 0.462 e. The van der Waals surface area contributed by atoms with Gasteiger partial charge in [0.05, 0.1) is 26.4 Å². The van der Waals surface area contributed by atoms with E-state index in [4.69, 9.17) is 37.0 Å². The van der Waals surface area contributed by atoms with Crippen molar-refractivity contribution in [3.63, 3.8) is 0 Å². The lowest BCUT2D eigenvalue weighted by molar-refractivity contribution is -0.161. The number of hydrogen-bond donors (Lipinski definition) is 3. The molecule has 17 nitrogen and oxygen atoms in total. The molecule has 0 fully saturated rings. The van der Waals surface area contributed by atoms with Gasteiger partial charge in [0.1, 0.15) is 19.3 Å². The maximum Gasteiger partial charge on any atom is 0.472 e. The maximum atomic E-state index is 13.1. The fraction of sp³-hybridized carbons (Fsp3) is 0.952. The van der Waals surface area contributed by atoms with Crippen molar-refractivity contribution in [3.05, 3.63) is 0 Å². The summed E-state index contributed by atoms with van der Waals surface area (Å²) in [7, 11) is -9.92. The van der Waals surface area contributed by atoms with Gasteiger partial charge in [-0.3, -0.25) is 37.3 Å². The van der Waals surface area contributed by atoms with Gasteiger partial charge in [-0.1, -0.05) is 401 Å². The third-order valence-electron chi connectivity index (χ3n) is 19.8. The van der Waals surface area contributed by atoms with Crippen molar-refractivity contribution in [3.8, 4) is 0 Å². The minimum atomic E-state index is -4.96. The number of carbonyl (C=O) groups excluding carboxylic acids is 4. The molecule has 0 aliphatic rings. The average molecular weight is 1510 g/mol. The van der Waals surface area contributed by atoms with Gasteiger partial charge < -0.3 is 33.8 Å². The SMILES string of the molecule is CCCCCCCCCCCCCCCCCCCCCCC(=O)O[C@H](COC(=O)CCCCCCCCCCCCCCCCCCCC)COP(=O)(O)OC[C@@H](O)COP(=O)(O)OC[C@@H](COC(=O)CCCCCCCCCCC(C)C)OC(=O)CCCCCCCCCCCCCCCC. The summed E-state index contributed by atoms with van der Waals surface area (Å²) >= 11 is 0. The summed E-state index contributed by atoms with van der Waals surface area (Å²) in [5.41, 5.74) is 0. The summed E-state index contributed by atoms with van der Waals surface area (Å²) in [4.78, 5) is 73.1. The normalized spacial score (nSPS) is 13.8. The molecule has 0 aromatic carbocycles. The van der Waals surface area contributed by atoms with Gasteiger partial charge >= 0.3 is 39.5 Å². The van der Waals surface area contributed by atoms with E-state index in [1.165, 1.54) is 276 Å². The number of ether oxygens (including phenoxy) is 4. The van der Waals surface area contributed by atoms with Crippen LogP contribution in [0.2, 0.25) is 0 Å². The van der Waals surface area contributed by atoms with Gasteiger partial charge in [0, 0.05) is 25.7 Å². The van der Waals surface area contributed by atoms with Gasteiger partial charge in [0.2, 0.25) is 0 Å². The van der Waals surface area contributed by atoms with E-state index in [-0.39, 0.29) is 25.7 Å². The first-order valence-electron chi connectivity index (χ1n) is 43.6. The molecule has 0 saturated carbocycles.